The number of para-hydroxylation sites is 1. The Morgan fingerprint density at radius 3 is 2.80 bits per heavy atom. The highest BCUT2D eigenvalue weighted by Gasteiger charge is 2.12. The highest BCUT2D eigenvalue weighted by molar-refractivity contribution is 5.20. The standard InChI is InChI=1S/C15H21N3O2/c1-3-7-12(16-2)10-15-17-14(18-20-15)11-19-13-8-5-4-6-9-13/h4-6,8-9,12,16H,3,7,10-11H2,1-2H3. The molecule has 0 aliphatic heterocycles. The quantitative estimate of drug-likeness (QED) is 0.802. The molecule has 1 N–H and O–H groups in total. The summed E-state index contributed by atoms with van der Waals surface area (Å²) in [5, 5.41) is 7.20. The topological polar surface area (TPSA) is 60.2 Å². The summed E-state index contributed by atoms with van der Waals surface area (Å²) >= 11 is 0. The molecule has 0 fully saturated rings. The van der Waals surface area contributed by atoms with Crippen molar-refractivity contribution in [3.8, 4) is 5.75 Å². The van der Waals surface area contributed by atoms with Crippen LogP contribution in [0.3, 0.4) is 0 Å². The van der Waals surface area contributed by atoms with Crippen LogP contribution < -0.4 is 10.1 Å². The Morgan fingerprint density at radius 2 is 2.10 bits per heavy atom. The molecule has 1 aromatic carbocycles. The molecule has 0 radical (unpaired) electrons. The Morgan fingerprint density at radius 1 is 1.30 bits per heavy atom. The molecule has 1 atom stereocenters. The Labute approximate surface area is 119 Å². The number of ether oxygens (including phenoxy) is 1. The fourth-order valence-corrected chi connectivity index (χ4v) is 2.00. The number of likely N-dealkylation sites (N-methyl/N-ethyl adjacent to an activating group) is 1. The highest BCUT2D eigenvalue weighted by atomic mass is 16.5. The SMILES string of the molecule is CCCC(Cc1nc(COc2ccccc2)no1)NC. The maximum Gasteiger partial charge on any atom is 0.228 e. The Balaban J connectivity index is 1.85. The van der Waals surface area contributed by atoms with Gasteiger partial charge < -0.3 is 14.6 Å². The number of nitrogens with one attached hydrogen (secondary N) is 1. The van der Waals surface area contributed by atoms with Crippen molar-refractivity contribution in [3.63, 3.8) is 0 Å². The number of aromatic nitrogens is 2. The highest BCUT2D eigenvalue weighted by Crippen LogP contribution is 2.11. The van der Waals surface area contributed by atoms with E-state index in [0.717, 1.165) is 25.0 Å². The average molecular weight is 275 g/mol. The Bertz CT molecular complexity index is 499. The molecule has 0 bridgehead atoms. The van der Waals surface area contributed by atoms with Gasteiger partial charge in [-0.15, -0.1) is 0 Å². The molecular weight excluding hydrogens is 254 g/mol. The molecule has 5 heteroatoms. The van der Waals surface area contributed by atoms with Crippen LogP contribution in [0.1, 0.15) is 31.5 Å². The minimum atomic E-state index is 0.325. The molecule has 20 heavy (non-hydrogen) atoms. The number of hydrogen-bond donors (Lipinski definition) is 1. The largest absolute Gasteiger partial charge is 0.485 e. The molecule has 2 rings (SSSR count). The smallest absolute Gasteiger partial charge is 0.228 e. The molecule has 0 aliphatic rings. The van der Waals surface area contributed by atoms with Gasteiger partial charge in [0.05, 0.1) is 0 Å². The van der Waals surface area contributed by atoms with Gasteiger partial charge in [0.15, 0.2) is 6.61 Å². The summed E-state index contributed by atoms with van der Waals surface area (Å²) in [5.41, 5.74) is 0. The van der Waals surface area contributed by atoms with E-state index in [2.05, 4.69) is 22.4 Å². The van der Waals surface area contributed by atoms with Crippen LogP contribution in [0.2, 0.25) is 0 Å². The first-order valence-corrected chi connectivity index (χ1v) is 6.98. The van der Waals surface area contributed by atoms with Crippen LogP contribution in [0, 0.1) is 0 Å². The first kappa shape index (κ1) is 14.5. The van der Waals surface area contributed by atoms with E-state index >= 15 is 0 Å². The van der Waals surface area contributed by atoms with Gasteiger partial charge in [-0.3, -0.25) is 0 Å². The summed E-state index contributed by atoms with van der Waals surface area (Å²) in [7, 11) is 1.95. The number of nitrogens with zero attached hydrogens (tertiary/aromatic N) is 2. The fraction of sp³-hybridized carbons (Fsp3) is 0.467. The monoisotopic (exact) mass is 275 g/mol. The van der Waals surface area contributed by atoms with Gasteiger partial charge in [0.1, 0.15) is 5.75 Å². The van der Waals surface area contributed by atoms with Gasteiger partial charge in [-0.2, -0.15) is 4.98 Å². The van der Waals surface area contributed by atoms with Crippen molar-refractivity contribution in [1.82, 2.24) is 15.5 Å². The van der Waals surface area contributed by atoms with Gasteiger partial charge in [0.25, 0.3) is 0 Å². The fourth-order valence-electron chi connectivity index (χ4n) is 2.00. The third-order valence-corrected chi connectivity index (χ3v) is 3.09. The van der Waals surface area contributed by atoms with Crippen LogP contribution in [0.15, 0.2) is 34.9 Å². The lowest BCUT2D eigenvalue weighted by Gasteiger charge is -2.11. The Hall–Kier alpha value is -1.88. The maximum atomic E-state index is 5.58. The van der Waals surface area contributed by atoms with Gasteiger partial charge in [0, 0.05) is 12.5 Å². The first-order chi connectivity index (χ1) is 9.81. The van der Waals surface area contributed by atoms with E-state index in [1.165, 1.54) is 0 Å². The number of hydrogen-bond acceptors (Lipinski definition) is 5. The van der Waals surface area contributed by atoms with E-state index in [9.17, 15) is 0 Å². The zero-order chi connectivity index (χ0) is 14.2. The molecule has 5 nitrogen and oxygen atoms in total. The van der Waals surface area contributed by atoms with Gasteiger partial charge >= 0.3 is 0 Å². The van der Waals surface area contributed by atoms with Gasteiger partial charge in [0.2, 0.25) is 11.7 Å². The normalized spacial score (nSPS) is 12.3. The first-order valence-electron chi connectivity index (χ1n) is 6.98. The molecule has 1 aromatic heterocycles. The molecule has 0 saturated carbocycles. The average Bonchev–Trinajstić information content (AvgIpc) is 2.93. The van der Waals surface area contributed by atoms with E-state index < -0.39 is 0 Å². The van der Waals surface area contributed by atoms with Crippen molar-refractivity contribution in [2.24, 2.45) is 0 Å². The van der Waals surface area contributed by atoms with E-state index in [1.54, 1.807) is 0 Å². The summed E-state index contributed by atoms with van der Waals surface area (Å²) < 4.78 is 10.8. The van der Waals surface area contributed by atoms with Crippen molar-refractivity contribution in [2.45, 2.75) is 38.8 Å². The summed E-state index contributed by atoms with van der Waals surface area (Å²) in [4.78, 5) is 4.35. The van der Waals surface area contributed by atoms with Crippen LogP contribution in [0.5, 0.6) is 5.75 Å². The maximum absolute atomic E-state index is 5.58. The third kappa shape index (κ3) is 4.35. The second kappa shape index (κ2) is 7.65. The second-order valence-electron chi connectivity index (χ2n) is 4.68. The van der Waals surface area contributed by atoms with Crippen molar-refractivity contribution >= 4 is 0 Å². The number of benzene rings is 1. The van der Waals surface area contributed by atoms with E-state index in [4.69, 9.17) is 9.26 Å². The van der Waals surface area contributed by atoms with E-state index in [1.807, 2.05) is 37.4 Å². The molecule has 0 amide bonds. The number of rotatable bonds is 8. The zero-order valence-corrected chi connectivity index (χ0v) is 12.0. The summed E-state index contributed by atoms with van der Waals surface area (Å²) in [6.07, 6.45) is 2.97. The van der Waals surface area contributed by atoms with Gasteiger partial charge in [-0.1, -0.05) is 36.7 Å². The van der Waals surface area contributed by atoms with Crippen molar-refractivity contribution < 1.29 is 9.26 Å². The van der Waals surface area contributed by atoms with Crippen molar-refractivity contribution in [1.29, 1.82) is 0 Å². The lowest BCUT2D eigenvalue weighted by Crippen LogP contribution is -2.27. The third-order valence-electron chi connectivity index (χ3n) is 3.09. The van der Waals surface area contributed by atoms with Crippen LogP contribution in [-0.4, -0.2) is 23.2 Å². The van der Waals surface area contributed by atoms with Crippen LogP contribution in [-0.2, 0) is 13.0 Å². The van der Waals surface area contributed by atoms with Crippen LogP contribution >= 0.6 is 0 Å². The molecule has 0 aliphatic carbocycles. The lowest BCUT2D eigenvalue weighted by atomic mass is 10.1. The van der Waals surface area contributed by atoms with E-state index in [0.29, 0.717) is 24.4 Å². The van der Waals surface area contributed by atoms with Crippen molar-refractivity contribution in [2.75, 3.05) is 7.05 Å². The minimum absolute atomic E-state index is 0.325. The molecule has 1 unspecified atom stereocenters. The van der Waals surface area contributed by atoms with Gasteiger partial charge in [-0.25, -0.2) is 0 Å². The second-order valence-corrected chi connectivity index (χ2v) is 4.68. The molecule has 2 aromatic rings. The summed E-state index contributed by atoms with van der Waals surface area (Å²) in [6.45, 7) is 2.49. The van der Waals surface area contributed by atoms with Crippen LogP contribution in [0.4, 0.5) is 0 Å². The van der Waals surface area contributed by atoms with Crippen molar-refractivity contribution in [3.05, 3.63) is 42.0 Å². The predicted molar refractivity (Wildman–Crippen MR) is 76.5 cm³/mol. The predicted octanol–water partition coefficient (Wildman–Crippen LogP) is 2.58. The molecular formula is C15H21N3O2. The van der Waals surface area contributed by atoms with E-state index in [-0.39, 0.29) is 0 Å². The zero-order valence-electron chi connectivity index (χ0n) is 12.0. The molecule has 0 spiro atoms. The molecule has 108 valence electrons. The lowest BCUT2D eigenvalue weighted by molar-refractivity contribution is 0.284. The molecule has 1 heterocycles. The van der Waals surface area contributed by atoms with Crippen LogP contribution in [0.25, 0.3) is 0 Å². The Kier molecular flexibility index (Phi) is 5.55. The van der Waals surface area contributed by atoms with Gasteiger partial charge in [-0.05, 0) is 25.6 Å². The summed E-state index contributed by atoms with van der Waals surface area (Å²) in [6, 6.07) is 9.99. The minimum Gasteiger partial charge on any atom is -0.485 e. The molecule has 0 saturated heterocycles. The summed E-state index contributed by atoms with van der Waals surface area (Å²) in [5.74, 6) is 2.04.